The smallest absolute Gasteiger partial charge is 0.307 e. The Morgan fingerprint density at radius 2 is 1.84 bits per heavy atom. The normalized spacial score (nSPS) is 23.6. The first-order valence-corrected chi connectivity index (χ1v) is 7.58. The number of carboxylic acids is 1. The second-order valence-electron chi connectivity index (χ2n) is 5.19. The lowest BCUT2D eigenvalue weighted by atomic mass is 9.78. The molecular weight excluding hydrogens is 304 g/mol. The van der Waals surface area contributed by atoms with Crippen molar-refractivity contribution < 1.29 is 9.90 Å². The van der Waals surface area contributed by atoms with E-state index in [0.29, 0.717) is 11.8 Å². The fourth-order valence-corrected chi connectivity index (χ4v) is 3.01. The van der Waals surface area contributed by atoms with Gasteiger partial charge in [-0.25, -0.2) is 0 Å². The van der Waals surface area contributed by atoms with Gasteiger partial charge in [-0.2, -0.15) is 0 Å². The van der Waals surface area contributed by atoms with E-state index in [1.807, 2.05) is 0 Å². The summed E-state index contributed by atoms with van der Waals surface area (Å²) < 4.78 is 1.13. The molecule has 2 rings (SSSR count). The topological polar surface area (TPSA) is 37.3 Å². The summed E-state index contributed by atoms with van der Waals surface area (Å²) in [6.07, 6.45) is 8.76. The predicted molar refractivity (Wildman–Crippen MR) is 80.2 cm³/mol. The van der Waals surface area contributed by atoms with Gasteiger partial charge in [-0.3, -0.25) is 4.79 Å². The van der Waals surface area contributed by atoms with Crippen LogP contribution in [0, 0.1) is 5.92 Å². The Morgan fingerprint density at radius 1 is 1.21 bits per heavy atom. The quantitative estimate of drug-likeness (QED) is 0.812. The molecule has 1 aromatic rings. The minimum Gasteiger partial charge on any atom is -0.481 e. The molecule has 102 valence electrons. The Balaban J connectivity index is 1.83. The lowest BCUT2D eigenvalue weighted by Gasteiger charge is -2.27. The molecule has 3 heteroatoms. The number of hydrogen-bond acceptors (Lipinski definition) is 1. The monoisotopic (exact) mass is 322 g/mol. The van der Waals surface area contributed by atoms with Crippen LogP contribution in [0.15, 0.2) is 40.9 Å². The Labute approximate surface area is 122 Å². The Hall–Kier alpha value is -1.09. The average molecular weight is 323 g/mol. The molecule has 1 aromatic carbocycles. The van der Waals surface area contributed by atoms with Crippen LogP contribution in [0.2, 0.25) is 0 Å². The molecule has 1 aliphatic rings. The zero-order valence-corrected chi connectivity index (χ0v) is 12.5. The molecule has 0 unspecified atom stereocenters. The van der Waals surface area contributed by atoms with Gasteiger partial charge in [0, 0.05) is 4.47 Å². The van der Waals surface area contributed by atoms with Crippen molar-refractivity contribution in [1.82, 2.24) is 0 Å². The van der Waals surface area contributed by atoms with Crippen molar-refractivity contribution in [3.8, 4) is 0 Å². The molecule has 0 saturated heterocycles. The molecule has 0 spiro atoms. The van der Waals surface area contributed by atoms with Crippen molar-refractivity contribution in [2.24, 2.45) is 5.92 Å². The summed E-state index contributed by atoms with van der Waals surface area (Å²) in [6, 6.07) is 8.62. The first-order chi connectivity index (χ1) is 9.15. The second-order valence-corrected chi connectivity index (χ2v) is 6.10. The third kappa shape index (κ3) is 4.50. The highest BCUT2D eigenvalue weighted by molar-refractivity contribution is 9.10. The largest absolute Gasteiger partial charge is 0.481 e. The number of rotatable bonds is 4. The summed E-state index contributed by atoms with van der Waals surface area (Å²) in [4.78, 5) is 10.5. The molecular formula is C16H19BrO2. The minimum atomic E-state index is -0.750. The van der Waals surface area contributed by atoms with Crippen molar-refractivity contribution in [2.75, 3.05) is 0 Å². The van der Waals surface area contributed by atoms with E-state index < -0.39 is 5.97 Å². The lowest BCUT2D eigenvalue weighted by molar-refractivity contribution is -0.136. The number of allylic oxidation sites excluding steroid dienone is 1. The van der Waals surface area contributed by atoms with Crippen molar-refractivity contribution in [2.45, 2.75) is 38.0 Å². The number of halogens is 1. The van der Waals surface area contributed by atoms with Gasteiger partial charge in [0.1, 0.15) is 0 Å². The van der Waals surface area contributed by atoms with Crippen LogP contribution < -0.4 is 0 Å². The SMILES string of the molecule is O=C(O)CC=CC1CCC(c2ccc(Br)cc2)CC1. The van der Waals surface area contributed by atoms with Gasteiger partial charge < -0.3 is 5.11 Å². The molecule has 1 aliphatic carbocycles. The molecule has 0 bridgehead atoms. The number of carboxylic acid groups (broad SMARTS) is 1. The molecule has 0 aromatic heterocycles. The summed E-state index contributed by atoms with van der Waals surface area (Å²) in [5.74, 6) is 0.475. The van der Waals surface area contributed by atoms with Gasteiger partial charge in [0.2, 0.25) is 0 Å². The average Bonchev–Trinajstić information content (AvgIpc) is 2.40. The Bertz CT molecular complexity index is 442. The van der Waals surface area contributed by atoms with Gasteiger partial charge in [0.05, 0.1) is 6.42 Å². The van der Waals surface area contributed by atoms with Gasteiger partial charge in [0.25, 0.3) is 0 Å². The summed E-state index contributed by atoms with van der Waals surface area (Å²) in [5.41, 5.74) is 1.43. The van der Waals surface area contributed by atoms with E-state index in [4.69, 9.17) is 5.11 Å². The van der Waals surface area contributed by atoms with E-state index in [0.717, 1.165) is 17.3 Å². The standard InChI is InChI=1S/C16H19BrO2/c17-15-10-8-14(9-11-15)13-6-4-12(5-7-13)2-1-3-16(18)19/h1-2,8-13H,3-7H2,(H,18,19). The minimum absolute atomic E-state index is 0.145. The number of hydrogen-bond donors (Lipinski definition) is 1. The van der Waals surface area contributed by atoms with Gasteiger partial charge in [-0.15, -0.1) is 0 Å². The van der Waals surface area contributed by atoms with Crippen LogP contribution in [0.25, 0.3) is 0 Å². The molecule has 1 N–H and O–H groups in total. The van der Waals surface area contributed by atoms with Gasteiger partial charge >= 0.3 is 5.97 Å². The van der Waals surface area contributed by atoms with Crippen molar-refractivity contribution in [1.29, 1.82) is 0 Å². The molecule has 0 aliphatic heterocycles. The number of aliphatic carboxylic acids is 1. The van der Waals surface area contributed by atoms with Crippen LogP contribution in [-0.2, 0) is 4.79 Å². The maximum Gasteiger partial charge on any atom is 0.307 e. The highest BCUT2D eigenvalue weighted by Gasteiger charge is 2.20. The maximum absolute atomic E-state index is 10.5. The first-order valence-electron chi connectivity index (χ1n) is 6.79. The van der Waals surface area contributed by atoms with E-state index in [1.165, 1.54) is 18.4 Å². The van der Waals surface area contributed by atoms with Crippen LogP contribution in [0.3, 0.4) is 0 Å². The van der Waals surface area contributed by atoms with Gasteiger partial charge in [-0.1, -0.05) is 40.2 Å². The first kappa shape index (κ1) is 14.3. The van der Waals surface area contributed by atoms with Gasteiger partial charge in [-0.05, 0) is 55.2 Å². The van der Waals surface area contributed by atoms with Crippen molar-refractivity contribution in [3.63, 3.8) is 0 Å². The molecule has 19 heavy (non-hydrogen) atoms. The molecule has 1 saturated carbocycles. The number of benzene rings is 1. The maximum atomic E-state index is 10.5. The molecule has 0 amide bonds. The molecule has 0 heterocycles. The highest BCUT2D eigenvalue weighted by Crippen LogP contribution is 2.36. The van der Waals surface area contributed by atoms with Crippen LogP contribution in [-0.4, -0.2) is 11.1 Å². The summed E-state index contributed by atoms with van der Waals surface area (Å²) >= 11 is 3.46. The lowest BCUT2D eigenvalue weighted by Crippen LogP contribution is -2.11. The van der Waals surface area contributed by atoms with Crippen molar-refractivity contribution in [3.05, 3.63) is 46.5 Å². The molecule has 0 radical (unpaired) electrons. The fraction of sp³-hybridized carbons (Fsp3) is 0.438. The zero-order valence-electron chi connectivity index (χ0n) is 10.9. The summed E-state index contributed by atoms with van der Waals surface area (Å²) in [5, 5.41) is 8.60. The van der Waals surface area contributed by atoms with E-state index in [-0.39, 0.29) is 6.42 Å². The van der Waals surface area contributed by atoms with Crippen LogP contribution in [0.4, 0.5) is 0 Å². The molecule has 2 nitrogen and oxygen atoms in total. The predicted octanol–water partition coefficient (Wildman–Crippen LogP) is 4.75. The summed E-state index contributed by atoms with van der Waals surface area (Å²) in [6.45, 7) is 0. The van der Waals surface area contributed by atoms with E-state index in [2.05, 4.69) is 46.3 Å². The second kappa shape index (κ2) is 6.90. The van der Waals surface area contributed by atoms with Crippen molar-refractivity contribution >= 4 is 21.9 Å². The summed E-state index contributed by atoms with van der Waals surface area (Å²) in [7, 11) is 0. The number of carbonyl (C=O) groups is 1. The van der Waals surface area contributed by atoms with Crippen LogP contribution in [0.5, 0.6) is 0 Å². The third-order valence-electron chi connectivity index (χ3n) is 3.81. The molecule has 1 fully saturated rings. The van der Waals surface area contributed by atoms with Crippen LogP contribution >= 0.6 is 15.9 Å². The van der Waals surface area contributed by atoms with E-state index >= 15 is 0 Å². The van der Waals surface area contributed by atoms with E-state index in [9.17, 15) is 4.79 Å². The van der Waals surface area contributed by atoms with E-state index in [1.54, 1.807) is 6.08 Å². The van der Waals surface area contributed by atoms with Crippen LogP contribution in [0.1, 0.15) is 43.6 Å². The Kier molecular flexibility index (Phi) is 5.20. The Morgan fingerprint density at radius 3 is 2.42 bits per heavy atom. The third-order valence-corrected chi connectivity index (χ3v) is 4.34. The fourth-order valence-electron chi connectivity index (χ4n) is 2.74. The van der Waals surface area contributed by atoms with Gasteiger partial charge in [0.15, 0.2) is 0 Å². The highest BCUT2D eigenvalue weighted by atomic mass is 79.9. The molecule has 0 atom stereocenters. The zero-order chi connectivity index (χ0) is 13.7.